The first kappa shape index (κ1) is 18.7. The number of piperidine rings is 1. The summed E-state index contributed by atoms with van der Waals surface area (Å²) in [5, 5.41) is 22.4. The zero-order valence-electron chi connectivity index (χ0n) is 15.3. The van der Waals surface area contributed by atoms with Crippen LogP contribution in [0.15, 0.2) is 48.3 Å². The Hall–Kier alpha value is -2.68. The van der Waals surface area contributed by atoms with E-state index in [0.717, 1.165) is 4.90 Å². The van der Waals surface area contributed by atoms with Crippen LogP contribution in [0.25, 0.3) is 0 Å². The predicted octanol–water partition coefficient (Wildman–Crippen LogP) is 0.518. The van der Waals surface area contributed by atoms with E-state index in [1.807, 2.05) is 6.07 Å². The number of fused-ring (bicyclic) bond motifs is 1. The van der Waals surface area contributed by atoms with Crippen LogP contribution in [0.4, 0.5) is 0 Å². The molecule has 3 aliphatic rings. The van der Waals surface area contributed by atoms with Crippen molar-refractivity contribution in [2.75, 3.05) is 7.11 Å². The highest BCUT2D eigenvalue weighted by atomic mass is 16.5. The van der Waals surface area contributed by atoms with Gasteiger partial charge in [0.05, 0.1) is 19.1 Å². The Morgan fingerprint density at radius 3 is 2.57 bits per heavy atom. The number of hydrogen-bond acceptors (Lipinski definition) is 7. The number of benzene rings is 1. The monoisotopic (exact) mass is 386 g/mol. The molecule has 5 atom stereocenters. The predicted molar refractivity (Wildman–Crippen MR) is 97.8 cm³/mol. The average molecular weight is 386 g/mol. The van der Waals surface area contributed by atoms with Crippen molar-refractivity contribution in [3.05, 3.63) is 48.3 Å². The number of allylic oxidation sites excluding steroid dienone is 2. The first-order valence-electron chi connectivity index (χ1n) is 9.19. The number of nitrogens with zero attached hydrogens (tertiary/aromatic N) is 1. The molecule has 28 heavy (non-hydrogen) atoms. The Labute approximate surface area is 162 Å². The Morgan fingerprint density at radius 1 is 1.11 bits per heavy atom. The van der Waals surface area contributed by atoms with Gasteiger partial charge in [0.1, 0.15) is 24.1 Å². The van der Waals surface area contributed by atoms with E-state index >= 15 is 0 Å². The molecule has 2 fully saturated rings. The van der Waals surface area contributed by atoms with E-state index in [0.29, 0.717) is 30.1 Å². The Bertz CT molecular complexity index is 851. The summed E-state index contributed by atoms with van der Waals surface area (Å²) in [5.74, 6) is -0.931. The third kappa shape index (κ3) is 3.09. The first-order chi connectivity index (χ1) is 13.5. The highest BCUT2D eigenvalue weighted by Gasteiger charge is 2.53. The molecular weight excluding hydrogens is 364 g/mol. The number of carbonyl (C=O) groups is 2. The fraction of sp³-hybridized carbons (Fsp3) is 0.400. The van der Waals surface area contributed by atoms with Gasteiger partial charge in [-0.15, -0.1) is 0 Å². The van der Waals surface area contributed by atoms with Gasteiger partial charge in [-0.05, 0) is 31.1 Å². The fourth-order valence-corrected chi connectivity index (χ4v) is 3.98. The Morgan fingerprint density at radius 2 is 1.86 bits per heavy atom. The molecule has 3 N–H and O–H groups in total. The summed E-state index contributed by atoms with van der Waals surface area (Å²) >= 11 is 0. The van der Waals surface area contributed by atoms with E-state index in [9.17, 15) is 19.8 Å². The minimum absolute atomic E-state index is 0.322. The molecule has 0 aromatic heterocycles. The summed E-state index contributed by atoms with van der Waals surface area (Å²) in [4.78, 5) is 27.2. The number of amides is 2. The molecule has 0 spiro atoms. The van der Waals surface area contributed by atoms with Crippen LogP contribution in [0.5, 0.6) is 11.5 Å². The third-order valence-corrected chi connectivity index (χ3v) is 5.36. The molecule has 2 heterocycles. The normalized spacial score (nSPS) is 32.2. The molecule has 1 aliphatic carbocycles. The molecule has 2 aliphatic heterocycles. The number of likely N-dealkylation sites (tertiary alicyclic amines) is 1. The van der Waals surface area contributed by atoms with Crippen LogP contribution in [0.3, 0.4) is 0 Å². The summed E-state index contributed by atoms with van der Waals surface area (Å²) in [6.45, 7) is 0. The van der Waals surface area contributed by atoms with Gasteiger partial charge >= 0.3 is 0 Å². The van der Waals surface area contributed by atoms with Crippen molar-refractivity contribution in [2.24, 2.45) is 11.8 Å². The number of para-hydroxylation sites is 2. The lowest BCUT2D eigenvalue weighted by atomic mass is 9.89. The van der Waals surface area contributed by atoms with Crippen molar-refractivity contribution >= 4 is 11.8 Å². The van der Waals surface area contributed by atoms with Crippen molar-refractivity contribution in [1.29, 1.82) is 0 Å². The van der Waals surface area contributed by atoms with Crippen molar-refractivity contribution < 1.29 is 29.3 Å². The lowest BCUT2D eigenvalue weighted by molar-refractivity contribution is -0.149. The van der Waals surface area contributed by atoms with E-state index < -0.39 is 36.2 Å². The number of aliphatic hydroxyl groups is 2. The number of rotatable bonds is 4. The lowest BCUT2D eigenvalue weighted by Crippen LogP contribution is -2.58. The van der Waals surface area contributed by atoms with Crippen molar-refractivity contribution in [1.82, 2.24) is 10.2 Å². The average Bonchev–Trinajstić information content (AvgIpc) is 2.94. The SMILES string of the molecule is COc1ccccc1OC1=CC=CC2C(=O)N(C3CCC(O)NC3O)C(=O)C12. The van der Waals surface area contributed by atoms with Crippen LogP contribution in [-0.2, 0) is 9.59 Å². The molecule has 5 unspecified atom stereocenters. The van der Waals surface area contributed by atoms with Gasteiger partial charge < -0.3 is 19.7 Å². The van der Waals surface area contributed by atoms with Crippen molar-refractivity contribution in [3.8, 4) is 11.5 Å². The molecule has 0 bridgehead atoms. The standard InChI is InChI=1S/C20H22N2O6/c1-27-13-6-2-3-7-14(13)28-15-8-4-5-11-17(15)20(26)22(19(11)25)12-9-10-16(23)21-18(12)24/h2-8,11-12,16-18,21,23-24H,9-10H2,1H3. The van der Waals surface area contributed by atoms with Gasteiger partial charge in [0.2, 0.25) is 11.8 Å². The summed E-state index contributed by atoms with van der Waals surface area (Å²) in [6.07, 6.45) is 3.67. The zero-order chi connectivity index (χ0) is 19.8. The maximum atomic E-state index is 13.1. The molecule has 1 aromatic rings. The smallest absolute Gasteiger partial charge is 0.241 e. The van der Waals surface area contributed by atoms with E-state index in [1.54, 1.807) is 36.4 Å². The summed E-state index contributed by atoms with van der Waals surface area (Å²) in [5.41, 5.74) is 0. The molecule has 8 heteroatoms. The number of imide groups is 1. The largest absolute Gasteiger partial charge is 0.493 e. The van der Waals surface area contributed by atoms with Crippen molar-refractivity contribution in [3.63, 3.8) is 0 Å². The number of methoxy groups -OCH3 is 1. The number of nitrogens with one attached hydrogen (secondary N) is 1. The molecule has 2 amide bonds. The van der Waals surface area contributed by atoms with Crippen LogP contribution in [0.2, 0.25) is 0 Å². The fourth-order valence-electron chi connectivity index (χ4n) is 3.98. The minimum atomic E-state index is -1.18. The van der Waals surface area contributed by atoms with E-state index in [4.69, 9.17) is 9.47 Å². The second-order valence-corrected chi connectivity index (χ2v) is 7.03. The van der Waals surface area contributed by atoms with Crippen LogP contribution >= 0.6 is 0 Å². The molecule has 8 nitrogen and oxygen atoms in total. The van der Waals surface area contributed by atoms with Gasteiger partial charge in [0.15, 0.2) is 11.5 Å². The molecule has 0 radical (unpaired) electrons. The molecule has 2 saturated heterocycles. The Kier molecular flexibility index (Phi) is 4.92. The molecular formula is C20H22N2O6. The number of hydrogen-bond donors (Lipinski definition) is 3. The number of carbonyl (C=O) groups excluding carboxylic acids is 2. The summed E-state index contributed by atoms with van der Waals surface area (Å²) < 4.78 is 11.2. The molecule has 0 saturated carbocycles. The number of ether oxygens (including phenoxy) is 2. The molecule has 4 rings (SSSR count). The number of aliphatic hydroxyl groups excluding tert-OH is 2. The first-order valence-corrected chi connectivity index (χ1v) is 9.19. The van der Waals surface area contributed by atoms with E-state index in [2.05, 4.69) is 5.32 Å². The highest BCUT2D eigenvalue weighted by molar-refractivity contribution is 6.08. The van der Waals surface area contributed by atoms with Gasteiger partial charge in [0, 0.05) is 0 Å². The third-order valence-electron chi connectivity index (χ3n) is 5.36. The van der Waals surface area contributed by atoms with Gasteiger partial charge in [-0.25, -0.2) is 0 Å². The highest BCUT2D eigenvalue weighted by Crippen LogP contribution is 2.40. The van der Waals surface area contributed by atoms with Crippen LogP contribution in [-0.4, -0.2) is 52.5 Å². The maximum Gasteiger partial charge on any atom is 0.241 e. The van der Waals surface area contributed by atoms with Crippen molar-refractivity contribution in [2.45, 2.75) is 31.3 Å². The van der Waals surface area contributed by atoms with E-state index in [1.165, 1.54) is 7.11 Å². The van der Waals surface area contributed by atoms with Gasteiger partial charge in [0.25, 0.3) is 0 Å². The molecule has 148 valence electrons. The van der Waals surface area contributed by atoms with Gasteiger partial charge in [-0.2, -0.15) is 0 Å². The van der Waals surface area contributed by atoms with E-state index in [-0.39, 0.29) is 5.91 Å². The maximum absolute atomic E-state index is 13.1. The van der Waals surface area contributed by atoms with Crippen LogP contribution in [0, 0.1) is 11.8 Å². The molecule has 1 aromatic carbocycles. The zero-order valence-corrected chi connectivity index (χ0v) is 15.3. The second-order valence-electron chi connectivity index (χ2n) is 7.03. The van der Waals surface area contributed by atoms with Crippen LogP contribution < -0.4 is 14.8 Å². The lowest BCUT2D eigenvalue weighted by Gasteiger charge is -2.36. The second kappa shape index (κ2) is 7.38. The van der Waals surface area contributed by atoms with Crippen LogP contribution in [0.1, 0.15) is 12.8 Å². The van der Waals surface area contributed by atoms with Gasteiger partial charge in [-0.1, -0.05) is 24.3 Å². The summed E-state index contributed by atoms with van der Waals surface area (Å²) in [6, 6.07) is 6.34. The summed E-state index contributed by atoms with van der Waals surface area (Å²) in [7, 11) is 1.53. The quantitative estimate of drug-likeness (QED) is 0.648. The topological polar surface area (TPSA) is 108 Å². The Balaban J connectivity index is 1.60. The van der Waals surface area contributed by atoms with Gasteiger partial charge in [-0.3, -0.25) is 19.8 Å². The minimum Gasteiger partial charge on any atom is -0.493 e.